The second-order valence-electron chi connectivity index (χ2n) is 3.22. The summed E-state index contributed by atoms with van der Waals surface area (Å²) < 4.78 is 10.3. The van der Waals surface area contributed by atoms with Crippen LogP contribution in [0.25, 0.3) is 0 Å². The van der Waals surface area contributed by atoms with E-state index in [0.717, 1.165) is 0 Å². The van der Waals surface area contributed by atoms with Crippen molar-refractivity contribution in [3.05, 3.63) is 21.9 Å². The summed E-state index contributed by atoms with van der Waals surface area (Å²) in [4.78, 5) is 1.27. The van der Waals surface area contributed by atoms with Crippen LogP contribution in [0.4, 0.5) is 0 Å². The second kappa shape index (κ2) is 6.92. The standard InChI is InChI=1S/C10H18N2O2S/c1-8-9(3-6-15-8)10(12-11)7-14-5-4-13-2/h3,6,10,12H,4-5,7,11H2,1-2H3. The Morgan fingerprint density at radius 1 is 1.53 bits per heavy atom. The summed E-state index contributed by atoms with van der Waals surface area (Å²) in [5.74, 6) is 5.49. The Labute approximate surface area is 94.3 Å². The Kier molecular flexibility index (Phi) is 5.82. The highest BCUT2D eigenvalue weighted by molar-refractivity contribution is 7.10. The largest absolute Gasteiger partial charge is 0.382 e. The van der Waals surface area contributed by atoms with Crippen molar-refractivity contribution >= 4 is 11.3 Å². The monoisotopic (exact) mass is 230 g/mol. The summed E-state index contributed by atoms with van der Waals surface area (Å²) in [7, 11) is 1.66. The van der Waals surface area contributed by atoms with Crippen LogP contribution in [0.1, 0.15) is 16.5 Å². The molecule has 1 atom stereocenters. The van der Waals surface area contributed by atoms with Gasteiger partial charge in [-0.3, -0.25) is 11.3 Å². The summed E-state index contributed by atoms with van der Waals surface area (Å²) in [6.45, 7) is 3.86. The van der Waals surface area contributed by atoms with Gasteiger partial charge in [0.05, 0.1) is 25.9 Å². The van der Waals surface area contributed by atoms with Gasteiger partial charge >= 0.3 is 0 Å². The van der Waals surface area contributed by atoms with Gasteiger partial charge in [0, 0.05) is 12.0 Å². The first-order chi connectivity index (χ1) is 7.29. The zero-order chi connectivity index (χ0) is 11.1. The van der Waals surface area contributed by atoms with E-state index in [1.165, 1.54) is 10.4 Å². The molecule has 0 aliphatic carbocycles. The number of hydrogen-bond acceptors (Lipinski definition) is 5. The first-order valence-electron chi connectivity index (χ1n) is 4.86. The molecule has 1 aromatic rings. The van der Waals surface area contributed by atoms with Crippen LogP contribution < -0.4 is 11.3 Å². The minimum Gasteiger partial charge on any atom is -0.382 e. The van der Waals surface area contributed by atoms with E-state index in [4.69, 9.17) is 15.3 Å². The third-order valence-corrected chi connectivity index (χ3v) is 3.05. The molecular weight excluding hydrogens is 212 g/mol. The quantitative estimate of drug-likeness (QED) is 0.420. The van der Waals surface area contributed by atoms with Gasteiger partial charge in [-0.25, -0.2) is 0 Å². The van der Waals surface area contributed by atoms with Gasteiger partial charge in [-0.05, 0) is 23.9 Å². The molecule has 0 spiro atoms. The molecule has 1 aromatic heterocycles. The molecule has 0 aliphatic rings. The van der Waals surface area contributed by atoms with Crippen molar-refractivity contribution in [2.45, 2.75) is 13.0 Å². The van der Waals surface area contributed by atoms with E-state index < -0.39 is 0 Å². The van der Waals surface area contributed by atoms with Crippen LogP contribution in [0.3, 0.4) is 0 Å². The van der Waals surface area contributed by atoms with E-state index in [1.54, 1.807) is 18.4 Å². The van der Waals surface area contributed by atoms with Crippen LogP contribution in [0, 0.1) is 6.92 Å². The molecule has 0 bridgehead atoms. The first kappa shape index (κ1) is 12.6. The van der Waals surface area contributed by atoms with Gasteiger partial charge in [-0.15, -0.1) is 11.3 Å². The highest BCUT2D eigenvalue weighted by Crippen LogP contribution is 2.22. The predicted octanol–water partition coefficient (Wildman–Crippen LogP) is 1.22. The Hall–Kier alpha value is -0.460. The third-order valence-electron chi connectivity index (χ3n) is 2.19. The number of nitrogens with one attached hydrogen (secondary N) is 1. The van der Waals surface area contributed by atoms with E-state index >= 15 is 0 Å². The average Bonchev–Trinajstić information content (AvgIpc) is 2.65. The summed E-state index contributed by atoms with van der Waals surface area (Å²) >= 11 is 1.72. The summed E-state index contributed by atoms with van der Waals surface area (Å²) in [5.41, 5.74) is 3.97. The highest BCUT2D eigenvalue weighted by atomic mass is 32.1. The van der Waals surface area contributed by atoms with Crippen LogP contribution in [0.5, 0.6) is 0 Å². The lowest BCUT2D eigenvalue weighted by atomic mass is 10.1. The molecule has 0 saturated heterocycles. The number of aryl methyl sites for hydroxylation is 1. The van der Waals surface area contributed by atoms with E-state index in [2.05, 4.69) is 23.8 Å². The van der Waals surface area contributed by atoms with Gasteiger partial charge in [0.2, 0.25) is 0 Å². The van der Waals surface area contributed by atoms with Crippen LogP contribution in [0.15, 0.2) is 11.4 Å². The number of ether oxygens (including phenoxy) is 2. The van der Waals surface area contributed by atoms with Crippen molar-refractivity contribution in [1.82, 2.24) is 5.43 Å². The van der Waals surface area contributed by atoms with Crippen molar-refractivity contribution in [2.75, 3.05) is 26.9 Å². The minimum atomic E-state index is 0.0631. The van der Waals surface area contributed by atoms with Gasteiger partial charge in [-0.2, -0.15) is 0 Å². The second-order valence-corrected chi connectivity index (χ2v) is 4.34. The molecule has 0 aromatic carbocycles. The Morgan fingerprint density at radius 2 is 2.33 bits per heavy atom. The maximum Gasteiger partial charge on any atom is 0.0704 e. The highest BCUT2D eigenvalue weighted by Gasteiger charge is 2.12. The molecule has 4 nitrogen and oxygen atoms in total. The molecular formula is C10H18N2O2S. The maximum absolute atomic E-state index is 5.49. The number of nitrogens with two attached hydrogens (primary N) is 1. The Bertz CT molecular complexity index is 278. The molecule has 0 saturated carbocycles. The van der Waals surface area contributed by atoms with Gasteiger partial charge in [0.1, 0.15) is 0 Å². The molecule has 3 N–H and O–H groups in total. The Morgan fingerprint density at radius 3 is 2.87 bits per heavy atom. The van der Waals surface area contributed by atoms with Crippen LogP contribution in [0.2, 0.25) is 0 Å². The zero-order valence-electron chi connectivity index (χ0n) is 9.16. The predicted molar refractivity (Wildman–Crippen MR) is 61.8 cm³/mol. The maximum atomic E-state index is 5.49. The fraction of sp³-hybridized carbons (Fsp3) is 0.600. The van der Waals surface area contributed by atoms with Crippen LogP contribution in [-0.4, -0.2) is 26.9 Å². The summed E-state index contributed by atoms with van der Waals surface area (Å²) in [5, 5.41) is 2.06. The van der Waals surface area contributed by atoms with E-state index in [-0.39, 0.29) is 6.04 Å². The molecule has 86 valence electrons. The summed E-state index contributed by atoms with van der Waals surface area (Å²) in [6.07, 6.45) is 0. The van der Waals surface area contributed by atoms with Gasteiger partial charge in [0.15, 0.2) is 0 Å². The lowest BCUT2D eigenvalue weighted by Gasteiger charge is -2.16. The Balaban J connectivity index is 2.39. The fourth-order valence-corrected chi connectivity index (χ4v) is 2.09. The fourth-order valence-electron chi connectivity index (χ4n) is 1.33. The number of hydrogen-bond donors (Lipinski definition) is 2. The molecule has 5 heteroatoms. The van der Waals surface area contributed by atoms with E-state index in [1.807, 2.05) is 0 Å². The van der Waals surface area contributed by atoms with Crippen molar-refractivity contribution < 1.29 is 9.47 Å². The molecule has 0 aliphatic heterocycles. The molecule has 0 amide bonds. The van der Waals surface area contributed by atoms with Crippen molar-refractivity contribution in [3.8, 4) is 0 Å². The number of hydrazine groups is 1. The minimum absolute atomic E-state index is 0.0631. The lowest BCUT2D eigenvalue weighted by molar-refractivity contribution is 0.0585. The number of methoxy groups -OCH3 is 1. The molecule has 15 heavy (non-hydrogen) atoms. The van der Waals surface area contributed by atoms with E-state index in [0.29, 0.717) is 19.8 Å². The SMILES string of the molecule is COCCOCC(NN)c1ccsc1C. The average molecular weight is 230 g/mol. The van der Waals surface area contributed by atoms with Crippen LogP contribution in [-0.2, 0) is 9.47 Å². The topological polar surface area (TPSA) is 56.5 Å². The molecule has 1 heterocycles. The van der Waals surface area contributed by atoms with Gasteiger partial charge in [0.25, 0.3) is 0 Å². The van der Waals surface area contributed by atoms with Crippen LogP contribution >= 0.6 is 11.3 Å². The molecule has 0 radical (unpaired) electrons. The van der Waals surface area contributed by atoms with Gasteiger partial charge in [-0.1, -0.05) is 0 Å². The van der Waals surface area contributed by atoms with Crippen molar-refractivity contribution in [2.24, 2.45) is 5.84 Å². The van der Waals surface area contributed by atoms with Gasteiger partial charge < -0.3 is 9.47 Å². The zero-order valence-corrected chi connectivity index (χ0v) is 9.97. The normalized spacial score (nSPS) is 13.0. The molecule has 0 fully saturated rings. The van der Waals surface area contributed by atoms with Crippen molar-refractivity contribution in [1.29, 1.82) is 0 Å². The van der Waals surface area contributed by atoms with Crippen molar-refractivity contribution in [3.63, 3.8) is 0 Å². The lowest BCUT2D eigenvalue weighted by Crippen LogP contribution is -2.31. The smallest absolute Gasteiger partial charge is 0.0704 e. The summed E-state index contributed by atoms with van der Waals surface area (Å²) in [6, 6.07) is 2.14. The van der Waals surface area contributed by atoms with E-state index in [9.17, 15) is 0 Å². The molecule has 1 rings (SSSR count). The third kappa shape index (κ3) is 3.89. The molecule has 1 unspecified atom stereocenters. The first-order valence-corrected chi connectivity index (χ1v) is 5.74. The number of thiophene rings is 1. The number of rotatable bonds is 7.